The van der Waals surface area contributed by atoms with E-state index in [1.807, 2.05) is 6.92 Å². The molecule has 17 heavy (non-hydrogen) atoms. The maximum Gasteiger partial charge on any atom is 0.268 e. The second-order valence-electron chi connectivity index (χ2n) is 4.08. The molecule has 0 aliphatic carbocycles. The van der Waals surface area contributed by atoms with E-state index in [9.17, 15) is 13.2 Å². The fraction of sp³-hybridized carbons (Fsp3) is 0.400. The third kappa shape index (κ3) is 2.35. The smallest absolute Gasteiger partial charge is 0.268 e. The van der Waals surface area contributed by atoms with Gasteiger partial charge in [-0.3, -0.25) is 9.78 Å². The van der Waals surface area contributed by atoms with E-state index in [1.165, 1.54) is 18.5 Å². The SMILES string of the molecule is CC1CC(=O)N(S(=O)(=O)c2cncc(Br)c2)C1. The molecule has 92 valence electrons. The van der Waals surface area contributed by atoms with Crippen molar-refractivity contribution >= 4 is 31.9 Å². The Hall–Kier alpha value is -0.950. The zero-order valence-corrected chi connectivity index (χ0v) is 11.5. The Labute approximate surface area is 108 Å². The molecule has 2 heterocycles. The molecule has 1 atom stereocenters. The Kier molecular flexibility index (Phi) is 3.22. The molecule has 0 radical (unpaired) electrons. The Bertz CT molecular complexity index is 558. The van der Waals surface area contributed by atoms with Crippen molar-refractivity contribution in [3.05, 3.63) is 22.9 Å². The number of carbonyl (C=O) groups is 1. The lowest BCUT2D eigenvalue weighted by Crippen LogP contribution is -2.32. The fourth-order valence-electron chi connectivity index (χ4n) is 1.74. The van der Waals surface area contributed by atoms with Crippen LogP contribution in [0.3, 0.4) is 0 Å². The van der Waals surface area contributed by atoms with Gasteiger partial charge in [-0.1, -0.05) is 6.92 Å². The lowest BCUT2D eigenvalue weighted by atomic mass is 10.2. The van der Waals surface area contributed by atoms with Crippen LogP contribution in [0.25, 0.3) is 0 Å². The van der Waals surface area contributed by atoms with Gasteiger partial charge in [0.05, 0.1) is 0 Å². The van der Waals surface area contributed by atoms with Crippen molar-refractivity contribution < 1.29 is 13.2 Å². The summed E-state index contributed by atoms with van der Waals surface area (Å²) in [6.07, 6.45) is 3.02. The molecule has 7 heteroatoms. The molecule has 5 nitrogen and oxygen atoms in total. The first kappa shape index (κ1) is 12.5. The van der Waals surface area contributed by atoms with Gasteiger partial charge in [0, 0.05) is 29.8 Å². The molecule has 0 spiro atoms. The normalized spacial score (nSPS) is 20.9. The van der Waals surface area contributed by atoms with Crippen molar-refractivity contribution in [2.24, 2.45) is 5.92 Å². The highest BCUT2D eigenvalue weighted by atomic mass is 79.9. The van der Waals surface area contributed by atoms with Crippen LogP contribution in [0.1, 0.15) is 13.3 Å². The molecular weight excluding hydrogens is 308 g/mol. The van der Waals surface area contributed by atoms with Crippen molar-refractivity contribution in [3.8, 4) is 0 Å². The number of pyridine rings is 1. The molecule has 1 aliphatic rings. The van der Waals surface area contributed by atoms with Gasteiger partial charge in [-0.15, -0.1) is 0 Å². The Morgan fingerprint density at radius 3 is 2.71 bits per heavy atom. The molecular formula is C10H11BrN2O3S. The zero-order chi connectivity index (χ0) is 12.6. The van der Waals surface area contributed by atoms with Crippen LogP contribution in [0.2, 0.25) is 0 Å². The molecule has 0 aromatic carbocycles. The molecule has 1 unspecified atom stereocenters. The van der Waals surface area contributed by atoms with E-state index in [1.54, 1.807) is 0 Å². The summed E-state index contributed by atoms with van der Waals surface area (Å²) in [6.45, 7) is 2.10. The lowest BCUT2D eigenvalue weighted by Gasteiger charge is -2.16. The van der Waals surface area contributed by atoms with Crippen LogP contribution >= 0.6 is 15.9 Å². The topological polar surface area (TPSA) is 67.3 Å². The summed E-state index contributed by atoms with van der Waals surface area (Å²) >= 11 is 3.16. The number of rotatable bonds is 2. The maximum absolute atomic E-state index is 12.2. The summed E-state index contributed by atoms with van der Waals surface area (Å²) in [5, 5.41) is 0. The number of aromatic nitrogens is 1. The average Bonchev–Trinajstić information content (AvgIpc) is 2.58. The minimum atomic E-state index is -3.75. The van der Waals surface area contributed by atoms with E-state index in [4.69, 9.17) is 0 Å². The van der Waals surface area contributed by atoms with Gasteiger partial charge in [0.25, 0.3) is 10.0 Å². The minimum Gasteiger partial charge on any atom is -0.274 e. The van der Waals surface area contributed by atoms with Crippen LogP contribution in [0.5, 0.6) is 0 Å². The second kappa shape index (κ2) is 4.38. The summed E-state index contributed by atoms with van der Waals surface area (Å²) in [5.74, 6) is -0.283. The van der Waals surface area contributed by atoms with Crippen LogP contribution < -0.4 is 0 Å². The van der Waals surface area contributed by atoms with E-state index < -0.39 is 10.0 Å². The van der Waals surface area contributed by atoms with Crippen molar-refractivity contribution in [2.75, 3.05) is 6.54 Å². The minimum absolute atomic E-state index is 0.0364. The molecule has 1 aromatic heterocycles. The maximum atomic E-state index is 12.2. The van der Waals surface area contributed by atoms with Crippen molar-refractivity contribution in [1.29, 1.82) is 0 Å². The van der Waals surface area contributed by atoms with E-state index in [0.29, 0.717) is 4.47 Å². The van der Waals surface area contributed by atoms with E-state index in [0.717, 1.165) is 4.31 Å². The molecule has 0 N–H and O–H groups in total. The Balaban J connectivity index is 2.41. The summed E-state index contributed by atoms with van der Waals surface area (Å²) in [6, 6.07) is 1.44. The van der Waals surface area contributed by atoms with Crippen molar-refractivity contribution in [1.82, 2.24) is 9.29 Å². The molecule has 0 bridgehead atoms. The van der Waals surface area contributed by atoms with Gasteiger partial charge in [0.1, 0.15) is 4.90 Å². The molecule has 1 fully saturated rings. The van der Waals surface area contributed by atoms with Gasteiger partial charge in [-0.05, 0) is 27.9 Å². The number of sulfonamides is 1. The lowest BCUT2D eigenvalue weighted by molar-refractivity contribution is -0.123. The number of hydrogen-bond acceptors (Lipinski definition) is 4. The van der Waals surface area contributed by atoms with Gasteiger partial charge < -0.3 is 0 Å². The summed E-state index contributed by atoms with van der Waals surface area (Å²) in [7, 11) is -3.75. The quantitative estimate of drug-likeness (QED) is 0.826. The third-order valence-corrected chi connectivity index (χ3v) is 4.73. The third-order valence-electron chi connectivity index (χ3n) is 2.55. The monoisotopic (exact) mass is 318 g/mol. The fourth-order valence-corrected chi connectivity index (χ4v) is 3.78. The second-order valence-corrected chi connectivity index (χ2v) is 6.86. The van der Waals surface area contributed by atoms with Gasteiger partial charge in [-0.25, -0.2) is 12.7 Å². The predicted molar refractivity (Wildman–Crippen MR) is 64.6 cm³/mol. The molecule has 2 rings (SSSR count). The first-order chi connectivity index (χ1) is 7.91. The molecule has 1 amide bonds. The number of nitrogens with zero attached hydrogens (tertiary/aromatic N) is 2. The zero-order valence-electron chi connectivity index (χ0n) is 9.13. The number of hydrogen-bond donors (Lipinski definition) is 0. The number of halogens is 1. The highest BCUT2D eigenvalue weighted by Gasteiger charge is 2.36. The number of carbonyl (C=O) groups excluding carboxylic acids is 1. The van der Waals surface area contributed by atoms with Crippen LogP contribution in [0.15, 0.2) is 27.8 Å². The van der Waals surface area contributed by atoms with Crippen LogP contribution in [0, 0.1) is 5.92 Å². The largest absolute Gasteiger partial charge is 0.274 e. The van der Waals surface area contributed by atoms with Gasteiger partial charge in [0.15, 0.2) is 0 Å². The van der Waals surface area contributed by atoms with Crippen molar-refractivity contribution in [2.45, 2.75) is 18.2 Å². The predicted octanol–water partition coefficient (Wildman–Crippen LogP) is 1.40. The average molecular weight is 319 g/mol. The molecule has 1 aliphatic heterocycles. The highest BCUT2D eigenvalue weighted by Crippen LogP contribution is 2.25. The summed E-state index contributed by atoms with van der Waals surface area (Å²) < 4.78 is 25.9. The van der Waals surface area contributed by atoms with Gasteiger partial charge >= 0.3 is 0 Å². The summed E-state index contributed by atoms with van der Waals surface area (Å²) in [4.78, 5) is 15.4. The van der Waals surface area contributed by atoms with Gasteiger partial charge in [0.2, 0.25) is 5.91 Å². The van der Waals surface area contributed by atoms with E-state index in [-0.39, 0.29) is 29.7 Å². The first-order valence-electron chi connectivity index (χ1n) is 5.07. The van der Waals surface area contributed by atoms with E-state index in [2.05, 4.69) is 20.9 Å². The molecule has 1 aromatic rings. The molecule has 0 saturated carbocycles. The van der Waals surface area contributed by atoms with E-state index >= 15 is 0 Å². The van der Waals surface area contributed by atoms with Crippen LogP contribution in [0.4, 0.5) is 0 Å². The van der Waals surface area contributed by atoms with Crippen molar-refractivity contribution in [3.63, 3.8) is 0 Å². The Morgan fingerprint density at radius 2 is 2.18 bits per heavy atom. The highest BCUT2D eigenvalue weighted by molar-refractivity contribution is 9.10. The summed E-state index contributed by atoms with van der Waals surface area (Å²) in [5.41, 5.74) is 0. The van der Waals surface area contributed by atoms with Crippen LogP contribution in [-0.2, 0) is 14.8 Å². The Morgan fingerprint density at radius 1 is 1.47 bits per heavy atom. The number of amides is 1. The van der Waals surface area contributed by atoms with Gasteiger partial charge in [-0.2, -0.15) is 0 Å². The first-order valence-corrected chi connectivity index (χ1v) is 7.30. The van der Waals surface area contributed by atoms with Crippen LogP contribution in [-0.4, -0.2) is 30.2 Å². The standard InChI is InChI=1S/C10H11BrN2O3S/c1-7-2-10(14)13(6-7)17(15,16)9-3-8(11)4-12-5-9/h3-5,7H,2,6H2,1H3. The molecule has 1 saturated heterocycles.